The van der Waals surface area contributed by atoms with Gasteiger partial charge < -0.3 is 5.11 Å². The average Bonchev–Trinajstić information content (AvgIpc) is 2.47. The lowest BCUT2D eigenvalue weighted by Gasteiger charge is -2.60. The third kappa shape index (κ3) is 2.06. The molecule has 0 spiro atoms. The molecule has 2 saturated carbocycles. The fourth-order valence-electron chi connectivity index (χ4n) is 5.56. The first-order valence-corrected chi connectivity index (χ1v) is 8.72. The molecule has 0 radical (unpaired) electrons. The normalized spacial score (nSPS) is 47.2. The van der Waals surface area contributed by atoms with Crippen LogP contribution in [0, 0.1) is 28.1 Å². The van der Waals surface area contributed by atoms with Gasteiger partial charge in [-0.2, -0.15) is 0 Å². The summed E-state index contributed by atoms with van der Waals surface area (Å²) in [6, 6.07) is 0. The van der Waals surface area contributed by atoms with E-state index in [0.717, 1.165) is 31.3 Å². The van der Waals surface area contributed by atoms with Crippen molar-refractivity contribution in [2.45, 2.75) is 65.9 Å². The number of fused-ring (bicyclic) bond motifs is 3. The molecule has 122 valence electrons. The number of aliphatic hydroxyl groups excluding tert-OH is 1. The Morgan fingerprint density at radius 1 is 1.23 bits per heavy atom. The number of aliphatic hydroxyl groups is 1. The van der Waals surface area contributed by atoms with Gasteiger partial charge in [0.1, 0.15) is 0 Å². The van der Waals surface area contributed by atoms with Crippen molar-refractivity contribution in [3.63, 3.8) is 0 Å². The van der Waals surface area contributed by atoms with E-state index in [1.807, 2.05) is 6.08 Å². The lowest BCUT2D eigenvalue weighted by molar-refractivity contribution is -0.155. The predicted octanol–water partition coefficient (Wildman–Crippen LogP) is 4.29. The zero-order valence-electron chi connectivity index (χ0n) is 14.5. The molecule has 0 aliphatic heterocycles. The molecule has 0 aromatic rings. The van der Waals surface area contributed by atoms with Crippen molar-refractivity contribution in [1.82, 2.24) is 0 Å². The van der Waals surface area contributed by atoms with E-state index in [4.69, 9.17) is 0 Å². The highest BCUT2D eigenvalue weighted by atomic mass is 16.3. The number of allylic oxidation sites excluding steroid dienone is 3. The van der Waals surface area contributed by atoms with Gasteiger partial charge in [0, 0.05) is 17.3 Å². The topological polar surface area (TPSA) is 37.3 Å². The Hall–Kier alpha value is -0.890. The second-order valence-corrected chi connectivity index (χ2v) is 8.99. The number of hydrogen-bond acceptors (Lipinski definition) is 2. The third-order valence-corrected chi connectivity index (χ3v) is 7.24. The molecule has 1 N–H and O–H groups in total. The van der Waals surface area contributed by atoms with Crippen molar-refractivity contribution in [3.8, 4) is 0 Å². The van der Waals surface area contributed by atoms with E-state index in [-0.39, 0.29) is 34.2 Å². The van der Waals surface area contributed by atoms with Gasteiger partial charge in [0.2, 0.25) is 0 Å². The summed E-state index contributed by atoms with van der Waals surface area (Å²) in [7, 11) is 0. The third-order valence-electron chi connectivity index (χ3n) is 7.24. The van der Waals surface area contributed by atoms with E-state index in [0.29, 0.717) is 12.2 Å². The molecule has 3 aliphatic rings. The molecule has 0 bridgehead atoms. The maximum absolute atomic E-state index is 12.8. The molecule has 0 aromatic heterocycles. The van der Waals surface area contributed by atoms with Crippen molar-refractivity contribution in [3.05, 3.63) is 24.3 Å². The SMILES string of the molecule is C=C[C@]1(C)C=C2C(=O)C[C@H]3C(C)(C)CC[C@H](O)[C@]3(C)[C@H]2CC1. The number of ketones is 1. The summed E-state index contributed by atoms with van der Waals surface area (Å²) in [5.74, 6) is 0.801. The molecule has 2 heteroatoms. The van der Waals surface area contributed by atoms with Crippen LogP contribution < -0.4 is 0 Å². The molecular formula is C20H30O2. The Bertz CT molecular complexity index is 544. The van der Waals surface area contributed by atoms with Crippen molar-refractivity contribution < 1.29 is 9.90 Å². The summed E-state index contributed by atoms with van der Waals surface area (Å²) in [6.07, 6.45) is 8.31. The van der Waals surface area contributed by atoms with Gasteiger partial charge in [-0.1, -0.05) is 39.8 Å². The van der Waals surface area contributed by atoms with Crippen LogP contribution in [-0.4, -0.2) is 17.0 Å². The van der Waals surface area contributed by atoms with Crippen molar-refractivity contribution >= 4 is 5.78 Å². The van der Waals surface area contributed by atoms with E-state index in [9.17, 15) is 9.90 Å². The van der Waals surface area contributed by atoms with Gasteiger partial charge >= 0.3 is 0 Å². The first-order valence-electron chi connectivity index (χ1n) is 8.72. The van der Waals surface area contributed by atoms with Crippen LogP contribution in [0.15, 0.2) is 24.3 Å². The molecule has 3 aliphatic carbocycles. The average molecular weight is 302 g/mol. The molecule has 5 atom stereocenters. The Labute approximate surface area is 134 Å². The van der Waals surface area contributed by atoms with Crippen molar-refractivity contribution in [1.29, 1.82) is 0 Å². The fourth-order valence-corrected chi connectivity index (χ4v) is 5.56. The lowest BCUT2D eigenvalue weighted by atomic mass is 9.44. The van der Waals surface area contributed by atoms with Gasteiger partial charge in [0.05, 0.1) is 6.10 Å². The number of carbonyl (C=O) groups is 1. The minimum atomic E-state index is -0.292. The summed E-state index contributed by atoms with van der Waals surface area (Å²) in [4.78, 5) is 12.8. The number of Topliss-reactive ketones (excluding diaryl/α,β-unsaturated/α-hetero) is 1. The fraction of sp³-hybridized carbons (Fsp3) is 0.750. The minimum Gasteiger partial charge on any atom is -0.393 e. The largest absolute Gasteiger partial charge is 0.393 e. The highest BCUT2D eigenvalue weighted by molar-refractivity contribution is 5.97. The highest BCUT2D eigenvalue weighted by Crippen LogP contribution is 2.62. The van der Waals surface area contributed by atoms with E-state index in [1.165, 1.54) is 0 Å². The van der Waals surface area contributed by atoms with E-state index < -0.39 is 0 Å². The molecule has 0 aromatic carbocycles. The van der Waals surface area contributed by atoms with Gasteiger partial charge in [0.15, 0.2) is 5.78 Å². The van der Waals surface area contributed by atoms with Gasteiger partial charge in [-0.15, -0.1) is 6.58 Å². The Kier molecular flexibility index (Phi) is 3.49. The highest BCUT2D eigenvalue weighted by Gasteiger charge is 2.60. The predicted molar refractivity (Wildman–Crippen MR) is 89.4 cm³/mol. The zero-order chi connectivity index (χ0) is 16.3. The summed E-state index contributed by atoms with van der Waals surface area (Å²) in [5, 5.41) is 10.8. The molecule has 0 heterocycles. The van der Waals surface area contributed by atoms with Crippen LogP contribution in [0.1, 0.15) is 59.8 Å². The summed E-state index contributed by atoms with van der Waals surface area (Å²) >= 11 is 0. The zero-order valence-corrected chi connectivity index (χ0v) is 14.5. The standard InChI is InChI=1S/C20H30O2/c1-6-19(4)10-7-14-13(12-19)15(21)11-16-18(2,3)9-8-17(22)20(14,16)5/h6,12,14,16-17,22H,1,7-11H2,2-5H3/t14-,16-,17-,19-,20+/m0/s1. The maximum Gasteiger partial charge on any atom is 0.159 e. The molecular weight excluding hydrogens is 272 g/mol. The number of rotatable bonds is 1. The Balaban J connectivity index is 2.09. The second kappa shape index (κ2) is 4.80. The van der Waals surface area contributed by atoms with E-state index in [1.54, 1.807) is 0 Å². The summed E-state index contributed by atoms with van der Waals surface area (Å²) in [5.41, 5.74) is 0.877. The van der Waals surface area contributed by atoms with Crippen molar-refractivity contribution in [2.75, 3.05) is 0 Å². The summed E-state index contributed by atoms with van der Waals surface area (Å²) < 4.78 is 0. The first-order chi connectivity index (χ1) is 10.1. The van der Waals surface area contributed by atoms with Crippen LogP contribution in [0.4, 0.5) is 0 Å². The van der Waals surface area contributed by atoms with Crippen LogP contribution in [0.25, 0.3) is 0 Å². The second-order valence-electron chi connectivity index (χ2n) is 8.99. The van der Waals surface area contributed by atoms with Crippen LogP contribution in [0.5, 0.6) is 0 Å². The minimum absolute atomic E-state index is 0.0696. The number of hydrogen-bond donors (Lipinski definition) is 1. The van der Waals surface area contributed by atoms with Gasteiger partial charge in [0.25, 0.3) is 0 Å². The van der Waals surface area contributed by atoms with Gasteiger partial charge in [-0.3, -0.25) is 4.79 Å². The van der Waals surface area contributed by atoms with E-state index >= 15 is 0 Å². The van der Waals surface area contributed by atoms with Crippen LogP contribution in [0.3, 0.4) is 0 Å². The van der Waals surface area contributed by atoms with Gasteiger partial charge in [-0.05, 0) is 48.5 Å². The quantitative estimate of drug-likeness (QED) is 0.734. The van der Waals surface area contributed by atoms with Crippen LogP contribution in [-0.2, 0) is 4.79 Å². The smallest absolute Gasteiger partial charge is 0.159 e. The van der Waals surface area contributed by atoms with Crippen LogP contribution in [0.2, 0.25) is 0 Å². The molecule has 0 unspecified atom stereocenters. The van der Waals surface area contributed by atoms with Crippen LogP contribution >= 0.6 is 0 Å². The number of carbonyl (C=O) groups excluding carboxylic acids is 1. The maximum atomic E-state index is 12.8. The lowest BCUT2D eigenvalue weighted by Crippen LogP contribution is -2.59. The van der Waals surface area contributed by atoms with Crippen molar-refractivity contribution in [2.24, 2.45) is 28.1 Å². The molecule has 0 saturated heterocycles. The molecule has 2 nitrogen and oxygen atoms in total. The van der Waals surface area contributed by atoms with E-state index in [2.05, 4.69) is 40.3 Å². The molecule has 0 amide bonds. The molecule has 2 fully saturated rings. The Morgan fingerprint density at radius 2 is 1.91 bits per heavy atom. The first kappa shape index (κ1) is 16.0. The molecule has 22 heavy (non-hydrogen) atoms. The van der Waals surface area contributed by atoms with Gasteiger partial charge in [-0.25, -0.2) is 0 Å². The molecule has 3 rings (SSSR count). The Morgan fingerprint density at radius 3 is 2.55 bits per heavy atom. The summed E-state index contributed by atoms with van der Waals surface area (Å²) in [6.45, 7) is 12.9. The monoisotopic (exact) mass is 302 g/mol.